The van der Waals surface area contributed by atoms with Crippen LogP contribution >= 0.6 is 0 Å². The Morgan fingerprint density at radius 3 is 2.16 bits per heavy atom. The molecule has 0 spiro atoms. The zero-order valence-electron chi connectivity index (χ0n) is 13.1. The molecule has 2 aliphatic heterocycles. The molecule has 4 nitrogen and oxygen atoms in total. The highest BCUT2D eigenvalue weighted by molar-refractivity contribution is 4.95. The van der Waals surface area contributed by atoms with E-state index in [1.165, 1.54) is 0 Å². The highest BCUT2D eigenvalue weighted by Crippen LogP contribution is 2.32. The van der Waals surface area contributed by atoms with Crippen LogP contribution in [-0.4, -0.2) is 54.0 Å². The fraction of sp³-hybridized carbons (Fsp3) is 1.00. The van der Waals surface area contributed by atoms with E-state index in [1.54, 1.807) is 0 Å². The highest BCUT2D eigenvalue weighted by atomic mass is 16.5. The monoisotopic (exact) mass is 270 g/mol. The Bertz CT molecular complexity index is 301. The first kappa shape index (κ1) is 15.2. The van der Waals surface area contributed by atoms with Crippen LogP contribution in [0, 0.1) is 0 Å². The molecule has 0 bridgehead atoms. The Hall–Kier alpha value is -0.160. The molecule has 0 saturated carbocycles. The number of nitrogens with zero attached hydrogens (tertiary/aromatic N) is 1. The van der Waals surface area contributed by atoms with Crippen molar-refractivity contribution in [2.24, 2.45) is 5.73 Å². The third-order valence-electron chi connectivity index (χ3n) is 4.12. The maximum Gasteiger partial charge on any atom is 0.0760 e. The number of nitrogens with two attached hydrogens (primary N) is 1. The van der Waals surface area contributed by atoms with E-state index in [1.807, 2.05) is 0 Å². The third kappa shape index (κ3) is 3.69. The average Bonchev–Trinajstić information content (AvgIpc) is 2.61. The van der Waals surface area contributed by atoms with Crippen molar-refractivity contribution < 1.29 is 9.47 Å². The molecule has 2 N–H and O–H groups in total. The lowest BCUT2D eigenvalue weighted by Crippen LogP contribution is -2.63. The minimum atomic E-state index is -0.126. The van der Waals surface area contributed by atoms with Crippen molar-refractivity contribution in [3.05, 3.63) is 0 Å². The van der Waals surface area contributed by atoms with Gasteiger partial charge in [0.1, 0.15) is 0 Å². The van der Waals surface area contributed by atoms with E-state index < -0.39 is 0 Å². The minimum Gasteiger partial charge on any atom is -0.374 e. The van der Waals surface area contributed by atoms with Crippen molar-refractivity contribution in [3.63, 3.8) is 0 Å². The van der Waals surface area contributed by atoms with Gasteiger partial charge >= 0.3 is 0 Å². The molecule has 0 aromatic heterocycles. The van der Waals surface area contributed by atoms with Crippen molar-refractivity contribution in [2.75, 3.05) is 19.6 Å². The van der Waals surface area contributed by atoms with Gasteiger partial charge in [0.05, 0.1) is 23.4 Å². The van der Waals surface area contributed by atoms with Crippen molar-refractivity contribution in [2.45, 2.75) is 76.9 Å². The molecule has 2 heterocycles. The lowest BCUT2D eigenvalue weighted by molar-refractivity contribution is -0.194. The topological polar surface area (TPSA) is 47.7 Å². The zero-order chi connectivity index (χ0) is 14.3. The molecular weight excluding hydrogens is 240 g/mol. The predicted molar refractivity (Wildman–Crippen MR) is 77.2 cm³/mol. The van der Waals surface area contributed by atoms with Crippen molar-refractivity contribution >= 4 is 0 Å². The van der Waals surface area contributed by atoms with Crippen LogP contribution < -0.4 is 5.73 Å². The van der Waals surface area contributed by atoms with Gasteiger partial charge in [0.2, 0.25) is 0 Å². The standard InChI is InChI=1S/C15H30N2O2/c1-11-6-7-13(18-11)12(8-16)17-9-14(2,3)19-15(4,5)10-17/h11-13H,6-10,16H2,1-5H3. The van der Waals surface area contributed by atoms with Gasteiger partial charge in [0, 0.05) is 25.7 Å². The second-order valence-electron chi connectivity index (χ2n) is 7.39. The molecule has 4 heteroatoms. The first-order chi connectivity index (χ1) is 8.72. The first-order valence-corrected chi connectivity index (χ1v) is 7.52. The predicted octanol–water partition coefficient (Wildman–Crippen LogP) is 1.77. The van der Waals surface area contributed by atoms with E-state index >= 15 is 0 Å². The molecule has 3 atom stereocenters. The van der Waals surface area contributed by atoms with E-state index in [9.17, 15) is 0 Å². The number of rotatable bonds is 3. The highest BCUT2D eigenvalue weighted by Gasteiger charge is 2.43. The lowest BCUT2D eigenvalue weighted by Gasteiger charge is -2.50. The Morgan fingerprint density at radius 2 is 1.74 bits per heavy atom. The molecule has 0 aromatic rings. The van der Waals surface area contributed by atoms with Crippen LogP contribution in [0.4, 0.5) is 0 Å². The molecule has 0 aromatic carbocycles. The summed E-state index contributed by atoms with van der Waals surface area (Å²) in [6.07, 6.45) is 2.94. The smallest absolute Gasteiger partial charge is 0.0760 e. The molecule has 19 heavy (non-hydrogen) atoms. The third-order valence-corrected chi connectivity index (χ3v) is 4.12. The van der Waals surface area contributed by atoms with Gasteiger partial charge in [-0.3, -0.25) is 4.90 Å². The number of ether oxygens (including phenoxy) is 2. The Labute approximate surface area is 117 Å². The molecule has 112 valence electrons. The summed E-state index contributed by atoms with van der Waals surface area (Å²) in [5, 5.41) is 0. The van der Waals surface area contributed by atoms with Crippen LogP contribution in [0.1, 0.15) is 47.5 Å². The van der Waals surface area contributed by atoms with E-state index in [0.717, 1.165) is 25.9 Å². The van der Waals surface area contributed by atoms with Gasteiger partial charge < -0.3 is 15.2 Å². The van der Waals surface area contributed by atoms with Crippen LogP contribution in [0.25, 0.3) is 0 Å². The zero-order valence-corrected chi connectivity index (χ0v) is 13.1. The molecule has 2 saturated heterocycles. The van der Waals surface area contributed by atoms with Crippen LogP contribution in [0.3, 0.4) is 0 Å². The first-order valence-electron chi connectivity index (χ1n) is 7.52. The molecule has 0 aliphatic carbocycles. The fourth-order valence-electron chi connectivity index (χ4n) is 3.73. The quantitative estimate of drug-likeness (QED) is 0.849. The van der Waals surface area contributed by atoms with Gasteiger partial charge in [-0.25, -0.2) is 0 Å². The summed E-state index contributed by atoms with van der Waals surface area (Å²) < 4.78 is 12.2. The van der Waals surface area contributed by atoms with Crippen molar-refractivity contribution in [1.29, 1.82) is 0 Å². The summed E-state index contributed by atoms with van der Waals surface area (Å²) in [6, 6.07) is 0.312. The minimum absolute atomic E-state index is 0.126. The maximum atomic E-state index is 6.15. The van der Waals surface area contributed by atoms with Gasteiger partial charge in [-0.1, -0.05) is 0 Å². The second-order valence-corrected chi connectivity index (χ2v) is 7.39. The van der Waals surface area contributed by atoms with E-state index in [0.29, 0.717) is 18.7 Å². The van der Waals surface area contributed by atoms with Crippen LogP contribution in [0.5, 0.6) is 0 Å². The fourth-order valence-corrected chi connectivity index (χ4v) is 3.73. The summed E-state index contributed by atoms with van der Waals surface area (Å²) in [6.45, 7) is 13.3. The van der Waals surface area contributed by atoms with Crippen LogP contribution in [0.2, 0.25) is 0 Å². The molecular formula is C15H30N2O2. The van der Waals surface area contributed by atoms with Crippen LogP contribution in [-0.2, 0) is 9.47 Å². The van der Waals surface area contributed by atoms with Crippen molar-refractivity contribution in [1.82, 2.24) is 4.90 Å². The number of hydrogen-bond acceptors (Lipinski definition) is 4. The largest absolute Gasteiger partial charge is 0.374 e. The maximum absolute atomic E-state index is 6.15. The Kier molecular flexibility index (Phi) is 4.26. The van der Waals surface area contributed by atoms with Gasteiger partial charge in [-0.15, -0.1) is 0 Å². The summed E-state index contributed by atoms with van der Waals surface area (Å²) in [4.78, 5) is 2.48. The average molecular weight is 270 g/mol. The van der Waals surface area contributed by atoms with Gasteiger partial charge in [-0.2, -0.15) is 0 Å². The Balaban J connectivity index is 2.09. The SMILES string of the molecule is CC1CCC(C(CN)N2CC(C)(C)OC(C)(C)C2)O1. The summed E-state index contributed by atoms with van der Waals surface area (Å²) in [5.74, 6) is 0. The molecule has 2 aliphatic rings. The lowest BCUT2D eigenvalue weighted by atomic mass is 9.95. The van der Waals surface area contributed by atoms with Crippen molar-refractivity contribution in [3.8, 4) is 0 Å². The summed E-state index contributed by atoms with van der Waals surface area (Å²) >= 11 is 0. The van der Waals surface area contributed by atoms with E-state index in [-0.39, 0.29) is 17.3 Å². The molecule has 3 unspecified atom stereocenters. The van der Waals surface area contributed by atoms with Gasteiger partial charge in [0.15, 0.2) is 0 Å². The Morgan fingerprint density at radius 1 is 1.16 bits per heavy atom. The summed E-state index contributed by atoms with van der Waals surface area (Å²) in [5.41, 5.74) is 5.79. The van der Waals surface area contributed by atoms with E-state index in [4.69, 9.17) is 15.2 Å². The van der Waals surface area contributed by atoms with Crippen LogP contribution in [0.15, 0.2) is 0 Å². The molecule has 0 amide bonds. The second kappa shape index (κ2) is 5.32. The molecule has 2 fully saturated rings. The van der Waals surface area contributed by atoms with Gasteiger partial charge in [0.25, 0.3) is 0 Å². The number of hydrogen-bond donors (Lipinski definition) is 1. The normalized spacial score (nSPS) is 36.3. The number of morpholine rings is 1. The van der Waals surface area contributed by atoms with Gasteiger partial charge in [-0.05, 0) is 47.5 Å². The molecule has 0 radical (unpaired) electrons. The molecule has 2 rings (SSSR count). The van der Waals surface area contributed by atoms with E-state index in [2.05, 4.69) is 39.5 Å². The summed E-state index contributed by atoms with van der Waals surface area (Å²) in [7, 11) is 0.